The van der Waals surface area contributed by atoms with Gasteiger partial charge in [-0.2, -0.15) is 0 Å². The minimum atomic E-state index is -0.410. The zero-order chi connectivity index (χ0) is 12.9. The molecule has 0 atom stereocenters. The van der Waals surface area contributed by atoms with E-state index in [2.05, 4.69) is 9.98 Å². The molecule has 0 unspecified atom stereocenters. The van der Waals surface area contributed by atoms with Crippen LogP contribution in [0.4, 0.5) is 0 Å². The highest BCUT2D eigenvalue weighted by Gasteiger charge is 2.20. The second kappa shape index (κ2) is 3.60. The highest BCUT2D eigenvalue weighted by Crippen LogP contribution is 2.25. The molecule has 2 aromatic rings. The number of aromatic amines is 1. The second-order valence-electron chi connectivity index (χ2n) is 4.24. The van der Waals surface area contributed by atoms with Crippen molar-refractivity contribution in [2.45, 2.75) is 6.92 Å². The first-order valence-electron chi connectivity index (χ1n) is 5.60. The van der Waals surface area contributed by atoms with Crippen molar-refractivity contribution in [3.63, 3.8) is 0 Å². The summed E-state index contributed by atoms with van der Waals surface area (Å²) in [7, 11) is 1.34. The number of aryl methyl sites for hydroxylation is 1. The number of benzene rings is 1. The van der Waals surface area contributed by atoms with Crippen LogP contribution in [0.3, 0.4) is 0 Å². The largest absolute Gasteiger partial charge is 0.506 e. The van der Waals surface area contributed by atoms with Gasteiger partial charge in [0.25, 0.3) is 0 Å². The van der Waals surface area contributed by atoms with Gasteiger partial charge < -0.3 is 14.8 Å². The summed E-state index contributed by atoms with van der Waals surface area (Å²) in [5.74, 6) is -0.312. The number of aromatic hydroxyl groups is 1. The van der Waals surface area contributed by atoms with Gasteiger partial charge in [-0.1, -0.05) is 6.08 Å². The minimum absolute atomic E-state index is 0.0982. The Kier molecular flexibility index (Phi) is 2.16. The molecular formula is C13H12N2O3. The van der Waals surface area contributed by atoms with Gasteiger partial charge >= 0.3 is 5.97 Å². The average molecular weight is 244 g/mol. The molecule has 5 nitrogen and oxygen atoms in total. The number of hydrogen-bond donors (Lipinski definition) is 2. The maximum Gasteiger partial charge on any atom is 0.340 e. The van der Waals surface area contributed by atoms with Gasteiger partial charge in [-0.05, 0) is 6.92 Å². The zero-order valence-corrected chi connectivity index (χ0v) is 10.1. The molecule has 0 radical (unpaired) electrons. The van der Waals surface area contributed by atoms with E-state index in [9.17, 15) is 9.90 Å². The maximum absolute atomic E-state index is 11.9. The Balaban J connectivity index is 2.57. The number of hydrogen-bond acceptors (Lipinski definition) is 4. The molecule has 0 aliphatic carbocycles. The second-order valence-corrected chi connectivity index (χ2v) is 4.24. The number of nitrogens with zero attached hydrogens (tertiary/aromatic N) is 1. The fourth-order valence-electron chi connectivity index (χ4n) is 2.42. The molecule has 1 aromatic carbocycles. The first-order valence-corrected chi connectivity index (χ1v) is 5.60. The van der Waals surface area contributed by atoms with Crippen LogP contribution < -0.4 is 10.6 Å². The Morgan fingerprint density at radius 3 is 3.06 bits per heavy atom. The molecule has 0 saturated heterocycles. The standard InChI is InChI=1S/C13H12N2O3/c1-6-10(13(17)18-2)11-7-3-4-14-8(7)5-9(16)12(11)15-6/h3,5,15-16H,4H2,1-2H3. The fourth-order valence-corrected chi connectivity index (χ4v) is 2.42. The number of phenols is 1. The van der Waals surface area contributed by atoms with E-state index in [1.165, 1.54) is 7.11 Å². The number of H-pyrrole nitrogens is 1. The van der Waals surface area contributed by atoms with Gasteiger partial charge in [0.1, 0.15) is 5.75 Å². The van der Waals surface area contributed by atoms with Crippen LogP contribution in [0.2, 0.25) is 0 Å². The topological polar surface area (TPSA) is 74.7 Å². The fraction of sp³-hybridized carbons (Fsp3) is 0.231. The number of rotatable bonds is 1. The van der Waals surface area contributed by atoms with Crippen LogP contribution in [-0.4, -0.2) is 29.7 Å². The molecule has 3 rings (SSSR count). The first-order chi connectivity index (χ1) is 8.63. The molecule has 0 fully saturated rings. The molecule has 2 N–H and O–H groups in total. The molecule has 2 heterocycles. The number of fused-ring (bicyclic) bond motifs is 3. The van der Waals surface area contributed by atoms with Gasteiger partial charge in [0, 0.05) is 22.4 Å². The van der Waals surface area contributed by atoms with Crippen LogP contribution in [0.1, 0.15) is 16.1 Å². The van der Waals surface area contributed by atoms with Crippen molar-refractivity contribution in [1.82, 2.24) is 4.98 Å². The summed E-state index contributed by atoms with van der Waals surface area (Å²) in [6.45, 7) is 2.35. The monoisotopic (exact) mass is 244 g/mol. The number of nitrogens with one attached hydrogen (secondary N) is 1. The van der Waals surface area contributed by atoms with Gasteiger partial charge in [-0.3, -0.25) is 4.99 Å². The zero-order valence-electron chi connectivity index (χ0n) is 10.1. The van der Waals surface area contributed by atoms with E-state index in [0.717, 1.165) is 5.22 Å². The summed E-state index contributed by atoms with van der Waals surface area (Å²) < 4.78 is 4.80. The van der Waals surface area contributed by atoms with E-state index in [-0.39, 0.29) is 5.75 Å². The molecule has 0 amide bonds. The Labute approximate surface area is 102 Å². The summed E-state index contributed by atoms with van der Waals surface area (Å²) in [6.07, 6.45) is 1.94. The molecular weight excluding hydrogens is 232 g/mol. The van der Waals surface area contributed by atoms with Gasteiger partial charge in [-0.15, -0.1) is 0 Å². The van der Waals surface area contributed by atoms with Crippen LogP contribution in [0.5, 0.6) is 5.75 Å². The summed E-state index contributed by atoms with van der Waals surface area (Å²) >= 11 is 0. The van der Waals surface area contributed by atoms with Crippen molar-refractivity contribution < 1.29 is 14.6 Å². The van der Waals surface area contributed by atoms with E-state index in [1.54, 1.807) is 13.0 Å². The highest BCUT2D eigenvalue weighted by molar-refractivity contribution is 6.07. The molecule has 1 aliphatic rings. The van der Waals surface area contributed by atoms with Crippen LogP contribution in [-0.2, 0) is 4.74 Å². The number of carbonyl (C=O) groups is 1. The van der Waals surface area contributed by atoms with Crippen LogP contribution >= 0.6 is 0 Å². The molecule has 0 saturated carbocycles. The summed E-state index contributed by atoms with van der Waals surface area (Å²) in [6, 6.07) is 1.61. The van der Waals surface area contributed by atoms with Gasteiger partial charge in [0.2, 0.25) is 0 Å². The quantitative estimate of drug-likeness (QED) is 0.712. The van der Waals surface area contributed by atoms with Crippen molar-refractivity contribution >= 4 is 22.9 Å². The lowest BCUT2D eigenvalue weighted by Crippen LogP contribution is -2.23. The molecule has 92 valence electrons. The van der Waals surface area contributed by atoms with Crippen molar-refractivity contribution in [2.24, 2.45) is 4.99 Å². The normalized spacial score (nSPS) is 13.0. The molecule has 1 aliphatic heterocycles. The Hall–Kier alpha value is -2.30. The number of phenolic OH excluding ortho intramolecular Hbond substituents is 1. The summed E-state index contributed by atoms with van der Waals surface area (Å²) in [5.41, 5.74) is 1.70. The van der Waals surface area contributed by atoms with Crippen molar-refractivity contribution in [1.29, 1.82) is 0 Å². The number of aromatic nitrogens is 1. The first kappa shape index (κ1) is 10.8. The van der Waals surface area contributed by atoms with Crippen LogP contribution in [0.15, 0.2) is 11.1 Å². The van der Waals surface area contributed by atoms with Gasteiger partial charge in [-0.25, -0.2) is 4.79 Å². The predicted octanol–water partition coefficient (Wildman–Crippen LogP) is 0.382. The van der Waals surface area contributed by atoms with E-state index >= 15 is 0 Å². The lowest BCUT2D eigenvalue weighted by Gasteiger charge is -1.99. The summed E-state index contributed by atoms with van der Waals surface area (Å²) in [4.78, 5) is 19.1. The number of methoxy groups -OCH3 is 1. The lowest BCUT2D eigenvalue weighted by atomic mass is 10.1. The Morgan fingerprint density at radius 2 is 2.33 bits per heavy atom. The number of ether oxygens (including phenoxy) is 1. The van der Waals surface area contributed by atoms with E-state index in [1.807, 2.05) is 6.08 Å². The summed E-state index contributed by atoms with van der Waals surface area (Å²) in [5, 5.41) is 12.3. The number of esters is 1. The Bertz CT molecular complexity index is 787. The van der Waals surface area contributed by atoms with E-state index in [0.29, 0.717) is 34.1 Å². The third-order valence-electron chi connectivity index (χ3n) is 3.21. The predicted molar refractivity (Wildman–Crippen MR) is 66.2 cm³/mol. The average Bonchev–Trinajstić information content (AvgIpc) is 2.92. The maximum atomic E-state index is 11.9. The lowest BCUT2D eigenvalue weighted by molar-refractivity contribution is 0.0602. The SMILES string of the molecule is COC(=O)c1c(C)[nH]c2c(O)cc3c(c12)=CCN=3. The molecule has 5 heteroatoms. The van der Waals surface area contributed by atoms with Crippen LogP contribution in [0, 0.1) is 6.92 Å². The molecule has 0 bridgehead atoms. The van der Waals surface area contributed by atoms with Crippen molar-refractivity contribution in [2.75, 3.05) is 13.7 Å². The Morgan fingerprint density at radius 1 is 1.56 bits per heavy atom. The smallest absolute Gasteiger partial charge is 0.340 e. The van der Waals surface area contributed by atoms with Crippen molar-refractivity contribution in [3.05, 3.63) is 27.9 Å². The van der Waals surface area contributed by atoms with Crippen molar-refractivity contribution in [3.8, 4) is 5.75 Å². The highest BCUT2D eigenvalue weighted by atomic mass is 16.5. The molecule has 0 spiro atoms. The molecule has 1 aromatic heterocycles. The van der Waals surface area contributed by atoms with Gasteiger partial charge in [0.15, 0.2) is 0 Å². The number of carbonyl (C=O) groups excluding carboxylic acids is 1. The third kappa shape index (κ3) is 1.27. The molecule has 18 heavy (non-hydrogen) atoms. The minimum Gasteiger partial charge on any atom is -0.506 e. The third-order valence-corrected chi connectivity index (χ3v) is 3.21. The van der Waals surface area contributed by atoms with E-state index in [4.69, 9.17) is 4.74 Å². The van der Waals surface area contributed by atoms with Gasteiger partial charge in [0.05, 0.1) is 30.1 Å². The van der Waals surface area contributed by atoms with E-state index < -0.39 is 5.97 Å². The van der Waals surface area contributed by atoms with Crippen LogP contribution in [0.25, 0.3) is 17.0 Å².